The van der Waals surface area contributed by atoms with E-state index in [9.17, 15) is 0 Å². The molecule has 0 aromatic rings. The maximum atomic E-state index is 3.74. The van der Waals surface area contributed by atoms with Gasteiger partial charge in [0.1, 0.15) is 0 Å². The molecule has 1 saturated heterocycles. The molecule has 0 bridgehead atoms. The summed E-state index contributed by atoms with van der Waals surface area (Å²) >= 11 is 0. The quantitative estimate of drug-likeness (QED) is 0.772. The van der Waals surface area contributed by atoms with Gasteiger partial charge in [0.15, 0.2) is 0 Å². The Hall–Kier alpha value is -0.0800. The number of hydrogen-bond acceptors (Lipinski definition) is 2. The molecule has 0 spiro atoms. The van der Waals surface area contributed by atoms with Crippen LogP contribution in [0.2, 0.25) is 0 Å². The first-order chi connectivity index (χ1) is 7.60. The fourth-order valence-corrected chi connectivity index (χ4v) is 3.01. The van der Waals surface area contributed by atoms with Gasteiger partial charge in [-0.3, -0.25) is 0 Å². The third kappa shape index (κ3) is 3.21. The first-order valence-corrected chi connectivity index (χ1v) is 7.07. The van der Waals surface area contributed by atoms with Crippen LogP contribution in [0.15, 0.2) is 0 Å². The van der Waals surface area contributed by atoms with E-state index in [0.29, 0.717) is 5.54 Å². The topological polar surface area (TPSA) is 15.3 Å². The van der Waals surface area contributed by atoms with Crippen molar-refractivity contribution in [1.82, 2.24) is 10.2 Å². The zero-order valence-corrected chi connectivity index (χ0v) is 11.3. The molecule has 1 aliphatic heterocycles. The summed E-state index contributed by atoms with van der Waals surface area (Å²) in [5.74, 6) is 1.82. The molecule has 1 unspecified atom stereocenters. The van der Waals surface area contributed by atoms with Gasteiger partial charge in [0.05, 0.1) is 0 Å². The Bertz CT molecular complexity index is 223. The van der Waals surface area contributed by atoms with Crippen molar-refractivity contribution in [3.05, 3.63) is 0 Å². The van der Waals surface area contributed by atoms with Gasteiger partial charge >= 0.3 is 0 Å². The van der Waals surface area contributed by atoms with Crippen molar-refractivity contribution < 1.29 is 0 Å². The van der Waals surface area contributed by atoms with Crippen LogP contribution in [0.4, 0.5) is 0 Å². The molecule has 2 rings (SSSR count). The summed E-state index contributed by atoms with van der Waals surface area (Å²) in [4.78, 5) is 2.68. The average Bonchev–Trinajstić information content (AvgIpc) is 3.00. The minimum Gasteiger partial charge on any atom is -0.309 e. The number of rotatable bonds is 5. The van der Waals surface area contributed by atoms with Crippen molar-refractivity contribution in [3.63, 3.8) is 0 Å². The summed E-state index contributed by atoms with van der Waals surface area (Å²) < 4.78 is 0. The summed E-state index contributed by atoms with van der Waals surface area (Å²) in [5.41, 5.74) is 0.427. The van der Waals surface area contributed by atoms with Crippen molar-refractivity contribution in [2.45, 2.75) is 52.0 Å². The Morgan fingerprint density at radius 2 is 2.12 bits per heavy atom. The van der Waals surface area contributed by atoms with Crippen LogP contribution in [0.1, 0.15) is 46.5 Å². The number of hydrogen-bond donors (Lipinski definition) is 1. The number of nitrogens with zero attached hydrogens (tertiary/aromatic N) is 1. The van der Waals surface area contributed by atoms with Gasteiger partial charge in [0, 0.05) is 25.2 Å². The van der Waals surface area contributed by atoms with Gasteiger partial charge in [-0.05, 0) is 51.0 Å². The molecule has 1 N–H and O–H groups in total. The van der Waals surface area contributed by atoms with E-state index in [2.05, 4.69) is 31.0 Å². The van der Waals surface area contributed by atoms with E-state index in [0.717, 1.165) is 11.8 Å². The van der Waals surface area contributed by atoms with Gasteiger partial charge in [-0.25, -0.2) is 0 Å². The largest absolute Gasteiger partial charge is 0.309 e. The smallest absolute Gasteiger partial charge is 0.0309 e. The molecule has 1 aliphatic carbocycles. The van der Waals surface area contributed by atoms with Crippen LogP contribution in [0.3, 0.4) is 0 Å². The maximum Gasteiger partial charge on any atom is 0.0309 e. The van der Waals surface area contributed by atoms with Crippen molar-refractivity contribution in [3.8, 4) is 0 Å². The minimum absolute atomic E-state index is 0.427. The van der Waals surface area contributed by atoms with Crippen molar-refractivity contribution in [2.24, 2.45) is 11.8 Å². The van der Waals surface area contributed by atoms with Crippen molar-refractivity contribution in [2.75, 3.05) is 26.2 Å². The Balaban J connectivity index is 1.73. The molecule has 0 aromatic heterocycles. The summed E-state index contributed by atoms with van der Waals surface area (Å²) in [6, 6.07) is 0. The summed E-state index contributed by atoms with van der Waals surface area (Å²) in [6.45, 7) is 12.1. The molecule has 2 fully saturated rings. The second-order valence-corrected chi connectivity index (χ2v) is 6.43. The SMILES string of the molecule is CC(C)CCCN1CCNC(C)(C2CC2)C1. The molecule has 0 radical (unpaired) electrons. The molecule has 2 nitrogen and oxygen atoms in total. The van der Waals surface area contributed by atoms with E-state index in [1.165, 1.54) is 51.9 Å². The normalized spacial score (nSPS) is 32.2. The molecule has 2 aliphatic rings. The van der Waals surface area contributed by atoms with Crippen molar-refractivity contribution in [1.29, 1.82) is 0 Å². The van der Waals surface area contributed by atoms with E-state index < -0.39 is 0 Å². The number of nitrogens with one attached hydrogen (secondary N) is 1. The minimum atomic E-state index is 0.427. The van der Waals surface area contributed by atoms with E-state index >= 15 is 0 Å². The molecule has 0 aromatic carbocycles. The van der Waals surface area contributed by atoms with E-state index in [4.69, 9.17) is 0 Å². The van der Waals surface area contributed by atoms with E-state index in [-0.39, 0.29) is 0 Å². The molecule has 1 heterocycles. The first-order valence-electron chi connectivity index (χ1n) is 7.07. The van der Waals surface area contributed by atoms with Crippen LogP contribution in [0, 0.1) is 11.8 Å². The second-order valence-electron chi connectivity index (χ2n) is 6.43. The van der Waals surface area contributed by atoms with Gasteiger partial charge in [0.25, 0.3) is 0 Å². The Morgan fingerprint density at radius 1 is 1.38 bits per heavy atom. The highest BCUT2D eigenvalue weighted by atomic mass is 15.2. The van der Waals surface area contributed by atoms with Gasteiger partial charge < -0.3 is 10.2 Å². The van der Waals surface area contributed by atoms with Crippen LogP contribution in [-0.4, -0.2) is 36.6 Å². The Labute approximate surface area is 101 Å². The fourth-order valence-electron chi connectivity index (χ4n) is 3.01. The highest BCUT2D eigenvalue weighted by Crippen LogP contribution is 2.40. The predicted molar refractivity (Wildman–Crippen MR) is 69.6 cm³/mol. The van der Waals surface area contributed by atoms with Crippen LogP contribution in [0.5, 0.6) is 0 Å². The Kier molecular flexibility index (Phi) is 3.91. The number of piperazine rings is 1. The molecule has 1 saturated carbocycles. The summed E-state index contributed by atoms with van der Waals surface area (Å²) in [6.07, 6.45) is 5.65. The van der Waals surface area contributed by atoms with Crippen LogP contribution in [0.25, 0.3) is 0 Å². The molecule has 16 heavy (non-hydrogen) atoms. The Morgan fingerprint density at radius 3 is 2.75 bits per heavy atom. The monoisotopic (exact) mass is 224 g/mol. The third-order valence-electron chi connectivity index (χ3n) is 4.24. The second kappa shape index (κ2) is 5.05. The zero-order valence-electron chi connectivity index (χ0n) is 11.3. The van der Waals surface area contributed by atoms with Gasteiger partial charge in [-0.1, -0.05) is 13.8 Å². The van der Waals surface area contributed by atoms with Gasteiger partial charge in [-0.15, -0.1) is 0 Å². The maximum absolute atomic E-state index is 3.74. The standard InChI is InChI=1S/C14H28N2/c1-12(2)5-4-9-16-10-8-15-14(3,11-16)13-6-7-13/h12-13,15H,4-11H2,1-3H3. The first kappa shape index (κ1) is 12.4. The van der Waals surface area contributed by atoms with Crippen LogP contribution >= 0.6 is 0 Å². The predicted octanol–water partition coefficient (Wildman–Crippen LogP) is 2.50. The lowest BCUT2D eigenvalue weighted by molar-refractivity contribution is 0.124. The van der Waals surface area contributed by atoms with Crippen molar-refractivity contribution >= 4 is 0 Å². The van der Waals surface area contributed by atoms with E-state index in [1.807, 2.05) is 0 Å². The molecule has 2 heteroatoms. The van der Waals surface area contributed by atoms with Crippen LogP contribution < -0.4 is 5.32 Å². The lowest BCUT2D eigenvalue weighted by Crippen LogP contribution is -2.60. The van der Waals surface area contributed by atoms with Gasteiger partial charge in [-0.2, -0.15) is 0 Å². The molecule has 1 atom stereocenters. The highest BCUT2D eigenvalue weighted by molar-refractivity contribution is 5.01. The lowest BCUT2D eigenvalue weighted by Gasteiger charge is -2.42. The summed E-state index contributed by atoms with van der Waals surface area (Å²) in [5, 5.41) is 3.74. The summed E-state index contributed by atoms with van der Waals surface area (Å²) in [7, 11) is 0. The van der Waals surface area contributed by atoms with Crippen LogP contribution in [-0.2, 0) is 0 Å². The van der Waals surface area contributed by atoms with Gasteiger partial charge in [0.2, 0.25) is 0 Å². The lowest BCUT2D eigenvalue weighted by atomic mass is 9.92. The molecule has 94 valence electrons. The molecule has 0 amide bonds. The van der Waals surface area contributed by atoms with E-state index in [1.54, 1.807) is 0 Å². The zero-order chi connectivity index (χ0) is 11.6. The highest BCUT2D eigenvalue weighted by Gasteiger charge is 2.43. The third-order valence-corrected chi connectivity index (χ3v) is 4.24. The molecular weight excluding hydrogens is 196 g/mol. The average molecular weight is 224 g/mol. The fraction of sp³-hybridized carbons (Fsp3) is 1.00. The molecular formula is C14H28N2.